The van der Waals surface area contributed by atoms with Gasteiger partial charge in [-0.15, -0.1) is 9.32 Å². The van der Waals surface area contributed by atoms with Crippen molar-refractivity contribution in [1.82, 2.24) is 14.6 Å². The number of hydroxylamine groups is 2. The first-order valence-corrected chi connectivity index (χ1v) is 12.8. The van der Waals surface area contributed by atoms with Crippen molar-refractivity contribution in [3.8, 4) is 11.6 Å². The van der Waals surface area contributed by atoms with E-state index in [1.54, 1.807) is 26.2 Å². The lowest BCUT2D eigenvalue weighted by molar-refractivity contribution is -0.340. The van der Waals surface area contributed by atoms with Gasteiger partial charge in [-0.3, -0.25) is 9.29 Å². The van der Waals surface area contributed by atoms with Crippen molar-refractivity contribution >= 4 is 49.4 Å². The first-order valence-electron chi connectivity index (χ1n) is 10.2. The number of benzene rings is 2. The molecule has 0 aliphatic rings. The van der Waals surface area contributed by atoms with Gasteiger partial charge in [-0.1, -0.05) is 6.07 Å². The lowest BCUT2D eigenvalue weighted by atomic mass is 10.1. The number of aromatic nitrogens is 2. The summed E-state index contributed by atoms with van der Waals surface area (Å²) in [5.74, 6) is -1.08. The first kappa shape index (κ1) is 25.0. The van der Waals surface area contributed by atoms with Crippen LogP contribution in [0.1, 0.15) is 5.56 Å². The molecule has 0 spiro atoms. The lowest BCUT2D eigenvalue weighted by Gasteiger charge is -2.20. The molecule has 0 saturated heterocycles. The van der Waals surface area contributed by atoms with Gasteiger partial charge in [0.1, 0.15) is 11.3 Å². The Balaban J connectivity index is 1.88. The van der Waals surface area contributed by atoms with Crippen LogP contribution in [0.2, 0.25) is 0 Å². The van der Waals surface area contributed by atoms with Crippen LogP contribution in [0.15, 0.2) is 47.6 Å². The van der Waals surface area contributed by atoms with Crippen LogP contribution in [0, 0.1) is 5.82 Å². The first-order chi connectivity index (χ1) is 16.5. The van der Waals surface area contributed by atoms with Crippen LogP contribution < -0.4 is 4.31 Å². The fourth-order valence-electron chi connectivity index (χ4n) is 3.67. The number of hydrogen-bond donors (Lipinski definition) is 2. The Labute approximate surface area is 205 Å². The van der Waals surface area contributed by atoms with Crippen LogP contribution in [0.4, 0.5) is 10.1 Å². The summed E-state index contributed by atoms with van der Waals surface area (Å²) in [6, 6.07) is 7.33. The highest BCUT2D eigenvalue weighted by Crippen LogP contribution is 2.46. The van der Waals surface area contributed by atoms with Gasteiger partial charge in [0.05, 0.1) is 35.9 Å². The van der Waals surface area contributed by atoms with Crippen LogP contribution in [-0.2, 0) is 25.9 Å². The summed E-state index contributed by atoms with van der Waals surface area (Å²) < 4.78 is 46.3. The van der Waals surface area contributed by atoms with Gasteiger partial charge in [0.25, 0.3) is 0 Å². The minimum absolute atomic E-state index is 0.0465. The molecule has 0 saturated carbocycles. The van der Waals surface area contributed by atoms with Crippen molar-refractivity contribution in [2.75, 3.05) is 31.7 Å². The third-order valence-electron chi connectivity index (χ3n) is 5.31. The quantitative estimate of drug-likeness (QED) is 0.203. The van der Waals surface area contributed by atoms with E-state index in [0.717, 1.165) is 22.6 Å². The summed E-state index contributed by atoms with van der Waals surface area (Å²) >= 11 is 0.792. The van der Waals surface area contributed by atoms with E-state index in [4.69, 9.17) is 9.32 Å². The number of rotatable bonds is 8. The topological polar surface area (TPSA) is 117 Å². The summed E-state index contributed by atoms with van der Waals surface area (Å²) in [5, 5.41) is 24.1. The molecule has 2 heterocycles. The molecule has 13 heteroatoms. The second-order valence-corrected chi connectivity index (χ2v) is 10.7. The maximum atomic E-state index is 13.9. The molecule has 2 aromatic carbocycles. The van der Waals surface area contributed by atoms with Crippen LogP contribution in [0.3, 0.4) is 0 Å². The van der Waals surface area contributed by atoms with Crippen LogP contribution in [-0.4, -0.2) is 60.6 Å². The number of pyridine rings is 1. The highest BCUT2D eigenvalue weighted by molar-refractivity contribution is 7.94. The Morgan fingerprint density at radius 2 is 1.91 bits per heavy atom. The monoisotopic (exact) mass is 522 g/mol. The molecule has 186 valence electrons. The molecule has 0 atom stereocenters. The van der Waals surface area contributed by atoms with E-state index >= 15 is 0 Å². The number of anilines is 1. The minimum atomic E-state index is -3.69. The van der Waals surface area contributed by atoms with E-state index in [1.807, 2.05) is 0 Å². The second kappa shape index (κ2) is 9.51. The average molecular weight is 523 g/mol. The molecule has 0 amide bonds. The molecule has 2 N–H and O–H groups in total. The number of halogens is 1. The SMILES string of the molecule is CN(C)OOSc1cc(F)ccc1Cn1cc2c(N(C)S(C)(=O)=O)c3cccnc3c(O)c2c1O. The zero-order chi connectivity index (χ0) is 25.5. The molecular formula is C22H23FN4O6S2. The lowest BCUT2D eigenvalue weighted by Crippen LogP contribution is -2.25. The van der Waals surface area contributed by atoms with Crippen molar-refractivity contribution in [3.63, 3.8) is 0 Å². The Morgan fingerprint density at radius 3 is 2.60 bits per heavy atom. The number of phenols is 1. The van der Waals surface area contributed by atoms with Crippen molar-refractivity contribution in [3.05, 3.63) is 54.1 Å². The highest BCUT2D eigenvalue weighted by Gasteiger charge is 2.26. The van der Waals surface area contributed by atoms with Crippen molar-refractivity contribution in [2.45, 2.75) is 11.4 Å². The van der Waals surface area contributed by atoms with E-state index in [9.17, 15) is 23.0 Å². The number of hydrogen-bond acceptors (Lipinski definition) is 9. The van der Waals surface area contributed by atoms with Crippen LogP contribution in [0.25, 0.3) is 21.7 Å². The van der Waals surface area contributed by atoms with Crippen molar-refractivity contribution in [1.29, 1.82) is 0 Å². The van der Waals surface area contributed by atoms with Gasteiger partial charge < -0.3 is 14.8 Å². The van der Waals surface area contributed by atoms with Gasteiger partial charge >= 0.3 is 0 Å². The summed E-state index contributed by atoms with van der Waals surface area (Å²) in [4.78, 5) is 9.50. The Hall–Kier alpha value is -3.10. The number of nitrogens with zero attached hydrogens (tertiary/aromatic N) is 4. The fourth-order valence-corrected chi connectivity index (χ4v) is 4.82. The van der Waals surface area contributed by atoms with Gasteiger partial charge in [-0.05, 0) is 29.8 Å². The zero-order valence-electron chi connectivity index (χ0n) is 19.3. The molecule has 0 fully saturated rings. The van der Waals surface area contributed by atoms with Gasteiger partial charge in [0.2, 0.25) is 15.9 Å². The molecular weight excluding hydrogens is 499 g/mol. The van der Waals surface area contributed by atoms with E-state index in [0.29, 0.717) is 21.2 Å². The highest BCUT2D eigenvalue weighted by atomic mass is 32.2. The molecule has 0 bridgehead atoms. The van der Waals surface area contributed by atoms with Gasteiger partial charge in [0.15, 0.2) is 5.75 Å². The van der Waals surface area contributed by atoms with Gasteiger partial charge in [-0.2, -0.15) is 5.06 Å². The minimum Gasteiger partial charge on any atom is -0.505 e. The number of fused-ring (bicyclic) bond motifs is 2. The normalized spacial score (nSPS) is 12.2. The Morgan fingerprint density at radius 1 is 1.17 bits per heavy atom. The van der Waals surface area contributed by atoms with Crippen LogP contribution in [0.5, 0.6) is 11.6 Å². The molecule has 4 rings (SSSR count). The molecule has 0 aliphatic heterocycles. The summed E-state index contributed by atoms with van der Waals surface area (Å²) in [6.07, 6.45) is 4.05. The van der Waals surface area contributed by atoms with E-state index in [-0.39, 0.29) is 34.8 Å². The van der Waals surface area contributed by atoms with Crippen molar-refractivity contribution < 1.29 is 32.3 Å². The molecule has 10 nitrogen and oxygen atoms in total. The predicted octanol–water partition coefficient (Wildman–Crippen LogP) is 3.62. The van der Waals surface area contributed by atoms with E-state index in [1.165, 1.54) is 47.3 Å². The average Bonchev–Trinajstić information content (AvgIpc) is 3.10. The van der Waals surface area contributed by atoms with Gasteiger partial charge in [0, 0.05) is 49.2 Å². The third-order valence-corrected chi connectivity index (χ3v) is 7.18. The second-order valence-electron chi connectivity index (χ2n) is 7.99. The fraction of sp³-hybridized carbons (Fsp3) is 0.227. The van der Waals surface area contributed by atoms with Gasteiger partial charge in [-0.25, -0.2) is 12.8 Å². The predicted molar refractivity (Wildman–Crippen MR) is 131 cm³/mol. The standard InChI is InChI=1S/C22H23FN4O6S2/c1-25(2)32-33-34-17-10-14(23)8-7-13(17)11-27-12-16-18(22(27)29)21(28)19-15(6-5-9-24-19)20(16)26(3)35(4,30)31/h5-10,12,28-29H,11H2,1-4H3. The summed E-state index contributed by atoms with van der Waals surface area (Å²) in [5.41, 5.74) is 0.981. The molecule has 0 aliphatic carbocycles. The molecule has 0 unspecified atom stereocenters. The third kappa shape index (κ3) is 4.86. The number of sulfonamides is 1. The zero-order valence-corrected chi connectivity index (χ0v) is 20.9. The Bertz CT molecular complexity index is 1520. The smallest absolute Gasteiger partial charge is 0.232 e. The van der Waals surface area contributed by atoms with E-state index in [2.05, 4.69) is 4.98 Å². The number of aromatic hydroxyl groups is 2. The largest absolute Gasteiger partial charge is 0.505 e. The summed E-state index contributed by atoms with van der Waals surface area (Å²) in [6.45, 7) is 0.0553. The maximum Gasteiger partial charge on any atom is 0.232 e. The van der Waals surface area contributed by atoms with E-state index < -0.39 is 15.8 Å². The molecule has 2 aromatic heterocycles. The summed E-state index contributed by atoms with van der Waals surface area (Å²) in [7, 11) is 0.934. The maximum absolute atomic E-state index is 13.9. The molecule has 4 aromatic rings. The Kier molecular flexibility index (Phi) is 6.79. The molecule has 35 heavy (non-hydrogen) atoms. The molecule has 0 radical (unpaired) electrons. The number of phenolic OH excluding ortho intramolecular Hbond substituents is 1. The van der Waals surface area contributed by atoms with Crippen molar-refractivity contribution in [2.24, 2.45) is 0 Å². The van der Waals surface area contributed by atoms with Crippen LogP contribution >= 0.6 is 12.0 Å².